The molecule has 0 bridgehead atoms. The smallest absolute Gasteiger partial charge is 0.303 e. The maximum Gasteiger partial charge on any atom is 0.303 e. The van der Waals surface area contributed by atoms with Gasteiger partial charge in [0.05, 0.1) is 17.5 Å². The van der Waals surface area contributed by atoms with E-state index in [0.29, 0.717) is 12.2 Å². The van der Waals surface area contributed by atoms with Crippen LogP contribution in [0.3, 0.4) is 0 Å². The molecule has 0 fully saturated rings. The Hall–Kier alpha value is -2.96. The largest absolute Gasteiger partial charge is 0.481 e. The van der Waals surface area contributed by atoms with E-state index in [2.05, 4.69) is 22.5 Å². The number of carboxylic acid groups (broad SMARTS) is 1. The molecule has 3 aromatic rings. The molecule has 0 amide bonds. The number of ketones is 1. The number of carbonyl (C=O) groups excluding carboxylic acids is 1. The van der Waals surface area contributed by atoms with E-state index in [9.17, 15) is 9.59 Å². The van der Waals surface area contributed by atoms with E-state index in [1.807, 2.05) is 18.2 Å². The molecule has 0 aliphatic carbocycles. The molecule has 3 N–H and O–H groups in total. The van der Waals surface area contributed by atoms with Crippen molar-refractivity contribution in [3.8, 4) is 0 Å². The molecule has 2 heterocycles. The van der Waals surface area contributed by atoms with Crippen LogP contribution in [0.25, 0.3) is 21.9 Å². The van der Waals surface area contributed by atoms with Crippen LogP contribution in [0.15, 0.2) is 24.3 Å². The van der Waals surface area contributed by atoms with Gasteiger partial charge in [-0.15, -0.1) is 0 Å². The molecular formula is C23H30N4O3. The average Bonchev–Trinajstić information content (AvgIpc) is 3.10. The van der Waals surface area contributed by atoms with Crippen LogP contribution in [0.2, 0.25) is 0 Å². The van der Waals surface area contributed by atoms with Gasteiger partial charge in [0.15, 0.2) is 5.82 Å². The maximum atomic E-state index is 11.8. The van der Waals surface area contributed by atoms with Gasteiger partial charge >= 0.3 is 5.97 Å². The minimum atomic E-state index is -0.920. The van der Waals surface area contributed by atoms with Gasteiger partial charge in [0.2, 0.25) is 0 Å². The van der Waals surface area contributed by atoms with Crippen molar-refractivity contribution >= 4 is 39.5 Å². The minimum Gasteiger partial charge on any atom is -0.481 e. The highest BCUT2D eigenvalue weighted by atomic mass is 16.4. The summed E-state index contributed by atoms with van der Waals surface area (Å²) in [5.74, 6) is 0.605. The number of aromatic nitrogens is 3. The van der Waals surface area contributed by atoms with Crippen molar-refractivity contribution in [1.29, 1.82) is 0 Å². The van der Waals surface area contributed by atoms with Crippen molar-refractivity contribution in [3.05, 3.63) is 30.1 Å². The predicted molar refractivity (Wildman–Crippen MR) is 118 cm³/mol. The van der Waals surface area contributed by atoms with Crippen LogP contribution >= 0.6 is 0 Å². The molecule has 0 atom stereocenters. The summed E-state index contributed by atoms with van der Waals surface area (Å²) >= 11 is 0. The van der Waals surface area contributed by atoms with Crippen molar-refractivity contribution in [2.75, 3.05) is 5.73 Å². The highest BCUT2D eigenvalue weighted by Crippen LogP contribution is 2.29. The monoisotopic (exact) mass is 410 g/mol. The van der Waals surface area contributed by atoms with Crippen molar-refractivity contribution in [2.24, 2.45) is 0 Å². The molecule has 1 aromatic carbocycles. The van der Waals surface area contributed by atoms with Crippen LogP contribution in [0.5, 0.6) is 0 Å². The number of fused-ring (bicyclic) bond motifs is 3. The number of benzene rings is 1. The molecule has 2 aromatic heterocycles. The quantitative estimate of drug-likeness (QED) is 0.425. The van der Waals surface area contributed by atoms with Gasteiger partial charge in [-0.05, 0) is 25.3 Å². The number of unbranched alkanes of at least 4 members (excludes halogenated alkanes) is 3. The summed E-state index contributed by atoms with van der Waals surface area (Å²) in [6.45, 7) is 2.98. The number of nitrogens with zero attached hydrogens (tertiary/aromatic N) is 3. The van der Waals surface area contributed by atoms with E-state index < -0.39 is 5.97 Å². The minimum absolute atomic E-state index is 0.0268. The Labute approximate surface area is 176 Å². The van der Waals surface area contributed by atoms with Crippen LogP contribution in [-0.4, -0.2) is 31.4 Å². The third kappa shape index (κ3) is 5.14. The highest BCUT2D eigenvalue weighted by molar-refractivity contribution is 6.06. The Bertz CT molecular complexity index is 1040. The number of Topliss-reactive ketones (excluding diaryl/α,β-unsaturated/α-hetero) is 1. The third-order valence-electron chi connectivity index (χ3n) is 5.40. The lowest BCUT2D eigenvalue weighted by molar-refractivity contribution is -0.138. The van der Waals surface area contributed by atoms with Crippen LogP contribution in [-0.2, 0) is 22.6 Å². The molecule has 0 spiro atoms. The standard InChI is InChI=1S/C23H30N4O3/c1-2-3-12-19-26-21-22(17-10-6-7-11-18(17)25-23(21)24)27(19)15-8-4-5-9-16(28)13-14-20(29)30/h6-7,10-11H,2-5,8-9,12-15H2,1H3,(H2,24,25)(H,29,30). The topological polar surface area (TPSA) is 111 Å². The average molecular weight is 411 g/mol. The van der Waals surface area contributed by atoms with E-state index >= 15 is 0 Å². The zero-order valence-corrected chi connectivity index (χ0v) is 17.6. The predicted octanol–water partition coefficient (Wildman–Crippen LogP) is 4.50. The number of aryl methyl sites for hydroxylation is 2. The summed E-state index contributed by atoms with van der Waals surface area (Å²) in [5, 5.41) is 9.73. The molecule has 3 rings (SSSR count). The molecular weight excluding hydrogens is 380 g/mol. The molecule has 0 radical (unpaired) electrons. The van der Waals surface area contributed by atoms with E-state index in [1.165, 1.54) is 0 Å². The Morgan fingerprint density at radius 1 is 1.03 bits per heavy atom. The second-order valence-electron chi connectivity index (χ2n) is 7.74. The molecule has 7 heteroatoms. The molecule has 7 nitrogen and oxygen atoms in total. The molecule has 0 aliphatic rings. The van der Waals surface area contributed by atoms with Crippen LogP contribution < -0.4 is 5.73 Å². The van der Waals surface area contributed by atoms with Gasteiger partial charge in [-0.3, -0.25) is 9.59 Å². The Kier molecular flexibility index (Phi) is 7.38. The highest BCUT2D eigenvalue weighted by Gasteiger charge is 2.16. The third-order valence-corrected chi connectivity index (χ3v) is 5.40. The Morgan fingerprint density at radius 3 is 2.60 bits per heavy atom. The number of hydrogen-bond acceptors (Lipinski definition) is 5. The van der Waals surface area contributed by atoms with Crippen LogP contribution in [0, 0.1) is 0 Å². The number of nitrogens with two attached hydrogens (primary N) is 1. The first kappa shape index (κ1) is 21.7. The van der Waals surface area contributed by atoms with E-state index in [0.717, 1.165) is 72.8 Å². The molecule has 160 valence electrons. The van der Waals surface area contributed by atoms with Gasteiger partial charge in [-0.1, -0.05) is 38.0 Å². The number of hydrogen-bond donors (Lipinski definition) is 2. The number of aliphatic carboxylic acids is 1. The van der Waals surface area contributed by atoms with E-state index in [4.69, 9.17) is 15.8 Å². The van der Waals surface area contributed by atoms with Crippen LogP contribution in [0.1, 0.15) is 64.1 Å². The normalized spacial score (nSPS) is 11.4. The molecule has 0 unspecified atom stereocenters. The fraction of sp³-hybridized carbons (Fsp3) is 0.478. The first-order valence-electron chi connectivity index (χ1n) is 10.8. The summed E-state index contributed by atoms with van der Waals surface area (Å²) < 4.78 is 2.28. The first-order valence-corrected chi connectivity index (χ1v) is 10.8. The van der Waals surface area contributed by atoms with Gasteiger partial charge in [0.25, 0.3) is 0 Å². The molecule has 0 saturated carbocycles. The van der Waals surface area contributed by atoms with E-state index in [-0.39, 0.29) is 18.6 Å². The lowest BCUT2D eigenvalue weighted by atomic mass is 10.1. The van der Waals surface area contributed by atoms with Crippen LogP contribution in [0.4, 0.5) is 5.82 Å². The van der Waals surface area contributed by atoms with Crippen molar-refractivity contribution in [2.45, 2.75) is 71.3 Å². The number of para-hydroxylation sites is 1. The zero-order valence-electron chi connectivity index (χ0n) is 17.6. The number of carboxylic acids is 1. The summed E-state index contributed by atoms with van der Waals surface area (Å²) in [6, 6.07) is 8.00. The number of pyridine rings is 1. The second kappa shape index (κ2) is 10.2. The number of imidazole rings is 1. The number of rotatable bonds is 12. The lowest BCUT2D eigenvalue weighted by Gasteiger charge is -2.11. The molecule has 30 heavy (non-hydrogen) atoms. The van der Waals surface area contributed by atoms with Gasteiger partial charge in [0.1, 0.15) is 17.1 Å². The van der Waals surface area contributed by atoms with Gasteiger partial charge < -0.3 is 15.4 Å². The number of carbonyl (C=O) groups is 2. The first-order chi connectivity index (χ1) is 14.5. The van der Waals surface area contributed by atoms with Crippen molar-refractivity contribution < 1.29 is 14.7 Å². The second-order valence-corrected chi connectivity index (χ2v) is 7.74. The Morgan fingerprint density at radius 2 is 1.83 bits per heavy atom. The summed E-state index contributed by atoms with van der Waals surface area (Å²) in [5.41, 5.74) is 8.91. The van der Waals surface area contributed by atoms with Crippen molar-refractivity contribution in [3.63, 3.8) is 0 Å². The molecule has 0 saturated heterocycles. The lowest BCUT2D eigenvalue weighted by Crippen LogP contribution is -2.06. The van der Waals surface area contributed by atoms with E-state index in [1.54, 1.807) is 0 Å². The van der Waals surface area contributed by atoms with Gasteiger partial charge in [-0.25, -0.2) is 9.97 Å². The molecule has 0 aliphatic heterocycles. The fourth-order valence-electron chi connectivity index (χ4n) is 3.81. The maximum absolute atomic E-state index is 11.8. The SMILES string of the molecule is CCCCc1nc2c(N)nc3ccccc3c2n1CCCCCC(=O)CCC(=O)O. The zero-order chi connectivity index (χ0) is 21.5. The summed E-state index contributed by atoms with van der Waals surface area (Å²) in [6.07, 6.45) is 6.15. The fourth-order valence-corrected chi connectivity index (χ4v) is 3.81. The number of nitrogen functional groups attached to an aromatic ring is 1. The number of anilines is 1. The Balaban J connectivity index is 1.75. The van der Waals surface area contributed by atoms with Crippen molar-refractivity contribution in [1.82, 2.24) is 14.5 Å². The van der Waals surface area contributed by atoms with Gasteiger partial charge in [-0.2, -0.15) is 0 Å². The van der Waals surface area contributed by atoms with Gasteiger partial charge in [0, 0.05) is 31.2 Å². The summed E-state index contributed by atoms with van der Waals surface area (Å²) in [4.78, 5) is 31.7. The summed E-state index contributed by atoms with van der Waals surface area (Å²) in [7, 11) is 0.